The molecule has 5 aromatic rings. The molecule has 6 rings (SSSR count). The molecule has 0 spiro atoms. The van der Waals surface area contributed by atoms with Crippen LogP contribution in [0.4, 0.5) is 5.69 Å². The lowest BCUT2D eigenvalue weighted by atomic mass is 9.78. The van der Waals surface area contributed by atoms with Gasteiger partial charge in [-0.1, -0.05) is 60.7 Å². The summed E-state index contributed by atoms with van der Waals surface area (Å²) in [7, 11) is -0.418. The van der Waals surface area contributed by atoms with Crippen molar-refractivity contribution in [1.29, 1.82) is 0 Å². The highest BCUT2D eigenvalue weighted by Gasteiger charge is 2.51. The van der Waals surface area contributed by atoms with Crippen molar-refractivity contribution in [3.8, 4) is 16.8 Å². The quantitative estimate of drug-likeness (QED) is 0.204. The van der Waals surface area contributed by atoms with Gasteiger partial charge in [-0.2, -0.15) is 0 Å². The van der Waals surface area contributed by atoms with Gasteiger partial charge in [-0.15, -0.1) is 0 Å². The number of aromatic nitrogens is 1. The molecule has 0 amide bonds. The molecule has 176 valence electrons. The molecule has 0 N–H and O–H groups in total. The van der Waals surface area contributed by atoms with E-state index in [9.17, 15) is 0 Å². The fraction of sp³-hybridized carbons (Fsp3) is 0.194. The number of benzene rings is 4. The summed E-state index contributed by atoms with van der Waals surface area (Å²) in [6.45, 7) is 15.6. The number of nitrogens with zero attached hydrogens (tertiary/aromatic N) is 2. The molecule has 0 bridgehead atoms. The van der Waals surface area contributed by atoms with E-state index in [1.54, 1.807) is 0 Å². The molecule has 5 heteroatoms. The minimum absolute atomic E-state index is 0.394. The first-order chi connectivity index (χ1) is 17.3. The summed E-state index contributed by atoms with van der Waals surface area (Å²) >= 11 is 0. The largest absolute Gasteiger partial charge is 0.494 e. The first-order valence-corrected chi connectivity index (χ1v) is 12.2. The van der Waals surface area contributed by atoms with Crippen molar-refractivity contribution in [2.45, 2.75) is 38.9 Å². The van der Waals surface area contributed by atoms with E-state index in [-0.39, 0.29) is 0 Å². The maximum Gasteiger partial charge on any atom is 0.494 e. The third-order valence-electron chi connectivity index (χ3n) is 7.66. The Balaban J connectivity index is 1.56. The highest BCUT2D eigenvalue weighted by Crippen LogP contribution is 2.38. The van der Waals surface area contributed by atoms with E-state index >= 15 is 0 Å². The van der Waals surface area contributed by atoms with E-state index < -0.39 is 18.3 Å². The Morgan fingerprint density at radius 3 is 1.92 bits per heavy atom. The smallest absolute Gasteiger partial charge is 0.399 e. The molecular weight excluding hydrogens is 443 g/mol. The van der Waals surface area contributed by atoms with Crippen LogP contribution in [0.25, 0.3) is 43.5 Å². The van der Waals surface area contributed by atoms with Crippen molar-refractivity contribution in [3.63, 3.8) is 0 Å². The van der Waals surface area contributed by atoms with Gasteiger partial charge in [0, 0.05) is 16.5 Å². The van der Waals surface area contributed by atoms with Crippen LogP contribution >= 0.6 is 0 Å². The molecule has 0 atom stereocenters. The van der Waals surface area contributed by atoms with Crippen LogP contribution in [-0.4, -0.2) is 22.9 Å². The average Bonchev–Trinajstić information content (AvgIpc) is 3.33. The molecule has 36 heavy (non-hydrogen) atoms. The predicted octanol–water partition coefficient (Wildman–Crippen LogP) is 7.30. The van der Waals surface area contributed by atoms with Crippen LogP contribution in [-0.2, 0) is 9.31 Å². The molecule has 0 aliphatic carbocycles. The summed E-state index contributed by atoms with van der Waals surface area (Å²) < 4.78 is 15.0. The zero-order valence-corrected chi connectivity index (χ0v) is 20.9. The molecule has 1 aliphatic heterocycles. The lowest BCUT2D eigenvalue weighted by molar-refractivity contribution is 0.00578. The summed E-state index contributed by atoms with van der Waals surface area (Å²) in [5, 5.41) is 2.32. The van der Waals surface area contributed by atoms with Crippen LogP contribution in [0.5, 0.6) is 0 Å². The van der Waals surface area contributed by atoms with Gasteiger partial charge in [0.2, 0.25) is 0 Å². The molecule has 1 saturated heterocycles. The third-order valence-corrected chi connectivity index (χ3v) is 7.66. The molecule has 2 heterocycles. The van der Waals surface area contributed by atoms with Crippen LogP contribution < -0.4 is 5.46 Å². The Hall–Kier alpha value is -3.85. The second-order valence-electron chi connectivity index (χ2n) is 10.4. The molecule has 4 nitrogen and oxygen atoms in total. The Morgan fingerprint density at radius 2 is 1.28 bits per heavy atom. The highest BCUT2D eigenvalue weighted by molar-refractivity contribution is 6.62. The fourth-order valence-corrected chi connectivity index (χ4v) is 4.93. The number of rotatable bonds is 3. The lowest BCUT2D eigenvalue weighted by Gasteiger charge is -2.32. The average molecular weight is 470 g/mol. The number of hydrogen-bond donors (Lipinski definition) is 0. The van der Waals surface area contributed by atoms with Gasteiger partial charge in [0.15, 0.2) is 5.69 Å². The first kappa shape index (κ1) is 22.6. The number of hydrogen-bond acceptors (Lipinski definition) is 2. The monoisotopic (exact) mass is 470 g/mol. The van der Waals surface area contributed by atoms with Crippen molar-refractivity contribution >= 4 is 40.1 Å². The molecule has 0 unspecified atom stereocenters. The van der Waals surface area contributed by atoms with E-state index in [0.29, 0.717) is 5.69 Å². The Kier molecular flexibility index (Phi) is 5.08. The van der Waals surface area contributed by atoms with Crippen molar-refractivity contribution in [1.82, 2.24) is 4.57 Å². The standard InChI is InChI=1S/C31H27BN2O2/c1-30(2)31(3,4)36-32(35-30)23-14-18-29-27(20-23)26-19-22(21-11-15-24(33-5)16-12-21)13-17-28(26)34(29)25-9-7-6-8-10-25/h6-20H,1-4H3. The maximum absolute atomic E-state index is 7.24. The van der Waals surface area contributed by atoms with Crippen LogP contribution in [0, 0.1) is 6.57 Å². The Morgan fingerprint density at radius 1 is 0.694 bits per heavy atom. The van der Waals surface area contributed by atoms with Crippen LogP contribution in [0.15, 0.2) is 91.0 Å². The van der Waals surface area contributed by atoms with E-state index in [2.05, 4.69) is 97.8 Å². The summed E-state index contributed by atoms with van der Waals surface area (Å²) in [4.78, 5) is 3.52. The van der Waals surface area contributed by atoms with Gasteiger partial charge in [-0.05, 0) is 74.6 Å². The Labute approximate surface area is 212 Å². The minimum Gasteiger partial charge on any atom is -0.399 e. The zero-order chi connectivity index (χ0) is 25.1. The predicted molar refractivity (Wildman–Crippen MR) is 148 cm³/mol. The normalized spacial score (nSPS) is 16.5. The Bertz CT molecular complexity index is 1630. The van der Waals surface area contributed by atoms with Crippen LogP contribution in [0.1, 0.15) is 27.7 Å². The molecule has 0 saturated carbocycles. The van der Waals surface area contributed by atoms with E-state index in [4.69, 9.17) is 15.9 Å². The second-order valence-corrected chi connectivity index (χ2v) is 10.4. The first-order valence-electron chi connectivity index (χ1n) is 12.2. The van der Waals surface area contributed by atoms with Gasteiger partial charge >= 0.3 is 7.12 Å². The van der Waals surface area contributed by atoms with Crippen LogP contribution in [0.2, 0.25) is 0 Å². The number of para-hydroxylation sites is 1. The lowest BCUT2D eigenvalue weighted by Crippen LogP contribution is -2.41. The van der Waals surface area contributed by atoms with Crippen molar-refractivity contribution in [2.75, 3.05) is 0 Å². The molecule has 1 fully saturated rings. The van der Waals surface area contributed by atoms with Gasteiger partial charge in [0.25, 0.3) is 0 Å². The molecular formula is C31H27BN2O2. The summed E-state index contributed by atoms with van der Waals surface area (Å²) in [5.74, 6) is 0. The molecule has 4 aromatic carbocycles. The topological polar surface area (TPSA) is 27.8 Å². The molecule has 1 aliphatic rings. The summed E-state index contributed by atoms with van der Waals surface area (Å²) in [5.41, 5.74) is 6.48. The molecule has 1 aromatic heterocycles. The van der Waals surface area contributed by atoms with E-state index in [0.717, 1.165) is 38.7 Å². The van der Waals surface area contributed by atoms with E-state index in [1.165, 1.54) is 5.39 Å². The fourth-order valence-electron chi connectivity index (χ4n) is 4.93. The number of fused-ring (bicyclic) bond motifs is 3. The van der Waals surface area contributed by atoms with Crippen molar-refractivity contribution in [2.24, 2.45) is 0 Å². The molecule has 0 radical (unpaired) electrons. The third kappa shape index (κ3) is 3.53. The van der Waals surface area contributed by atoms with Crippen molar-refractivity contribution in [3.05, 3.63) is 102 Å². The van der Waals surface area contributed by atoms with Crippen molar-refractivity contribution < 1.29 is 9.31 Å². The second kappa shape index (κ2) is 8.10. The summed E-state index contributed by atoms with van der Waals surface area (Å²) in [6, 6.07) is 31.3. The van der Waals surface area contributed by atoms with Gasteiger partial charge in [0.1, 0.15) is 0 Å². The minimum atomic E-state index is -0.418. The van der Waals surface area contributed by atoms with Gasteiger partial charge in [-0.3, -0.25) is 0 Å². The van der Waals surface area contributed by atoms with E-state index in [1.807, 2.05) is 30.3 Å². The van der Waals surface area contributed by atoms with Gasteiger partial charge in [-0.25, -0.2) is 4.85 Å². The zero-order valence-electron chi connectivity index (χ0n) is 20.9. The maximum atomic E-state index is 7.24. The van der Waals surface area contributed by atoms with Gasteiger partial charge < -0.3 is 13.9 Å². The van der Waals surface area contributed by atoms with Crippen LogP contribution in [0.3, 0.4) is 0 Å². The summed E-state index contributed by atoms with van der Waals surface area (Å²) in [6.07, 6.45) is 0. The highest BCUT2D eigenvalue weighted by atomic mass is 16.7. The SMILES string of the molecule is [C-]#[N+]c1ccc(-c2ccc3c(c2)c2cc(B4OC(C)(C)C(C)(C)O4)ccc2n3-c2ccccc2)cc1. The van der Waals surface area contributed by atoms with Gasteiger partial charge in [0.05, 0.1) is 28.8 Å².